The van der Waals surface area contributed by atoms with E-state index in [1.165, 1.54) is 31.7 Å². The first-order valence-electron chi connectivity index (χ1n) is 8.89. The van der Waals surface area contributed by atoms with Crippen LogP contribution in [0.1, 0.15) is 12.1 Å². The van der Waals surface area contributed by atoms with Crippen LogP contribution in [-0.2, 0) is 6.42 Å². The van der Waals surface area contributed by atoms with E-state index in [4.69, 9.17) is 0 Å². The molecule has 0 amide bonds. The summed E-state index contributed by atoms with van der Waals surface area (Å²) in [4.78, 5) is 7.17. The molecule has 4 aliphatic carbocycles. The Hall–Kier alpha value is -1.41. The van der Waals surface area contributed by atoms with E-state index in [2.05, 4.69) is 46.3 Å². The SMILES string of the molecule is C1=CC2C1C1C=CC2C2CN(CCCc3ccccn3)CC12. The standard InChI is InChI=1S/C20H24N2/c1-2-10-21-14(4-1)5-3-11-22-12-19-17-8-9-18(20(19)13-22)16-7-6-15(16)17/h1-2,4,6-10,15-20H,3,5,11-13H2. The zero-order valence-electron chi connectivity index (χ0n) is 13.0. The summed E-state index contributed by atoms with van der Waals surface area (Å²) in [5.74, 6) is 5.29. The Morgan fingerprint density at radius 1 is 0.909 bits per heavy atom. The van der Waals surface area contributed by atoms with Crippen LogP contribution in [-0.4, -0.2) is 29.5 Å². The van der Waals surface area contributed by atoms with Gasteiger partial charge in [-0.3, -0.25) is 4.98 Å². The molecule has 6 rings (SSSR count). The number of aryl methyl sites for hydroxylation is 1. The number of pyridine rings is 1. The van der Waals surface area contributed by atoms with E-state index >= 15 is 0 Å². The zero-order chi connectivity index (χ0) is 14.5. The maximum Gasteiger partial charge on any atom is 0.0404 e. The van der Waals surface area contributed by atoms with Gasteiger partial charge in [-0.05, 0) is 67.0 Å². The predicted octanol–water partition coefficient (Wildman–Crippen LogP) is 3.18. The van der Waals surface area contributed by atoms with Crippen molar-refractivity contribution in [1.29, 1.82) is 0 Å². The fraction of sp³-hybridized carbons (Fsp3) is 0.550. The van der Waals surface area contributed by atoms with E-state index in [-0.39, 0.29) is 0 Å². The lowest BCUT2D eigenvalue weighted by atomic mass is 9.50. The number of nitrogens with zero attached hydrogens (tertiary/aromatic N) is 2. The lowest BCUT2D eigenvalue weighted by molar-refractivity contribution is 0.0672. The summed E-state index contributed by atoms with van der Waals surface area (Å²) < 4.78 is 0. The van der Waals surface area contributed by atoms with Gasteiger partial charge in [0, 0.05) is 25.0 Å². The highest BCUT2D eigenvalue weighted by molar-refractivity contribution is 5.28. The molecule has 0 spiro atoms. The number of aromatic nitrogens is 1. The van der Waals surface area contributed by atoms with Crippen LogP contribution in [0.4, 0.5) is 0 Å². The molecule has 1 saturated carbocycles. The number of rotatable bonds is 4. The molecule has 5 aliphatic rings. The fourth-order valence-corrected chi connectivity index (χ4v) is 5.48. The quantitative estimate of drug-likeness (QED) is 0.792. The minimum atomic E-state index is 0.839. The lowest BCUT2D eigenvalue weighted by Crippen LogP contribution is -2.49. The number of allylic oxidation sites excluding steroid dienone is 4. The summed E-state index contributed by atoms with van der Waals surface area (Å²) >= 11 is 0. The molecule has 6 atom stereocenters. The average Bonchev–Trinajstić information content (AvgIpc) is 2.94. The topological polar surface area (TPSA) is 16.1 Å². The zero-order valence-corrected chi connectivity index (χ0v) is 13.0. The van der Waals surface area contributed by atoms with Gasteiger partial charge in [0.1, 0.15) is 0 Å². The van der Waals surface area contributed by atoms with Crippen molar-refractivity contribution in [2.24, 2.45) is 35.5 Å². The van der Waals surface area contributed by atoms with Gasteiger partial charge in [-0.15, -0.1) is 0 Å². The molecule has 2 heteroatoms. The monoisotopic (exact) mass is 292 g/mol. The van der Waals surface area contributed by atoms with Crippen LogP contribution in [0.2, 0.25) is 0 Å². The molecule has 2 nitrogen and oxygen atoms in total. The highest BCUT2D eigenvalue weighted by Crippen LogP contribution is 2.57. The maximum absolute atomic E-state index is 4.44. The molecule has 0 radical (unpaired) electrons. The third kappa shape index (κ3) is 1.93. The normalized spacial score (nSPS) is 41.3. The minimum Gasteiger partial charge on any atom is -0.303 e. The van der Waals surface area contributed by atoms with Crippen LogP contribution in [0.3, 0.4) is 0 Å². The lowest BCUT2D eigenvalue weighted by Gasteiger charge is -2.53. The van der Waals surface area contributed by atoms with Crippen molar-refractivity contribution in [3.63, 3.8) is 0 Å². The molecular weight excluding hydrogens is 268 g/mol. The molecule has 1 aliphatic heterocycles. The highest BCUT2D eigenvalue weighted by atomic mass is 15.2. The van der Waals surface area contributed by atoms with Crippen LogP contribution in [0, 0.1) is 35.5 Å². The summed E-state index contributed by atoms with van der Waals surface area (Å²) in [6, 6.07) is 6.25. The largest absolute Gasteiger partial charge is 0.303 e. The summed E-state index contributed by atoms with van der Waals surface area (Å²) in [5, 5.41) is 0. The third-order valence-corrected chi connectivity index (χ3v) is 6.55. The van der Waals surface area contributed by atoms with Gasteiger partial charge in [0.05, 0.1) is 0 Å². The van der Waals surface area contributed by atoms with Gasteiger partial charge in [-0.1, -0.05) is 30.4 Å². The first-order valence-corrected chi connectivity index (χ1v) is 8.89. The predicted molar refractivity (Wildman–Crippen MR) is 88.2 cm³/mol. The fourth-order valence-electron chi connectivity index (χ4n) is 5.48. The molecule has 2 heterocycles. The van der Waals surface area contributed by atoms with Crippen molar-refractivity contribution in [2.75, 3.05) is 19.6 Å². The second-order valence-electron chi connectivity index (χ2n) is 7.59. The molecule has 1 aromatic heterocycles. The van der Waals surface area contributed by atoms with Gasteiger partial charge in [0.15, 0.2) is 0 Å². The molecule has 0 aromatic carbocycles. The molecule has 0 N–H and O–H groups in total. The van der Waals surface area contributed by atoms with Gasteiger partial charge in [0.25, 0.3) is 0 Å². The van der Waals surface area contributed by atoms with Crippen molar-refractivity contribution in [1.82, 2.24) is 9.88 Å². The summed E-state index contributed by atoms with van der Waals surface area (Å²) in [6.07, 6.45) is 14.3. The van der Waals surface area contributed by atoms with E-state index in [1.54, 1.807) is 0 Å². The van der Waals surface area contributed by atoms with Crippen molar-refractivity contribution >= 4 is 0 Å². The Kier molecular flexibility index (Phi) is 3.00. The van der Waals surface area contributed by atoms with Crippen LogP contribution in [0.25, 0.3) is 0 Å². The molecule has 1 aromatic rings. The van der Waals surface area contributed by atoms with Gasteiger partial charge in [-0.25, -0.2) is 0 Å². The minimum absolute atomic E-state index is 0.839. The summed E-state index contributed by atoms with van der Waals surface area (Å²) in [5.41, 5.74) is 1.24. The van der Waals surface area contributed by atoms with Crippen molar-refractivity contribution < 1.29 is 0 Å². The highest BCUT2D eigenvalue weighted by Gasteiger charge is 2.54. The Bertz CT molecular complexity index is 575. The van der Waals surface area contributed by atoms with Crippen LogP contribution in [0.15, 0.2) is 48.7 Å². The maximum atomic E-state index is 4.44. The Morgan fingerprint density at radius 3 is 2.18 bits per heavy atom. The van der Waals surface area contributed by atoms with Gasteiger partial charge >= 0.3 is 0 Å². The van der Waals surface area contributed by atoms with Crippen molar-refractivity contribution in [2.45, 2.75) is 12.8 Å². The molecule has 114 valence electrons. The van der Waals surface area contributed by atoms with Gasteiger partial charge < -0.3 is 4.90 Å². The summed E-state index contributed by atoms with van der Waals surface area (Å²) in [7, 11) is 0. The first kappa shape index (κ1) is 13.1. The molecule has 22 heavy (non-hydrogen) atoms. The number of hydrogen-bond acceptors (Lipinski definition) is 2. The Balaban J connectivity index is 1.20. The molecular formula is C20H24N2. The van der Waals surface area contributed by atoms with E-state index in [0.717, 1.165) is 41.9 Å². The van der Waals surface area contributed by atoms with Crippen LogP contribution < -0.4 is 0 Å². The molecule has 2 fully saturated rings. The smallest absolute Gasteiger partial charge is 0.0404 e. The molecule has 2 bridgehead atoms. The van der Waals surface area contributed by atoms with E-state index in [1.807, 2.05) is 12.3 Å². The first-order chi connectivity index (χ1) is 10.9. The Labute approximate surface area is 132 Å². The summed E-state index contributed by atoms with van der Waals surface area (Å²) in [6.45, 7) is 3.90. The third-order valence-electron chi connectivity index (χ3n) is 6.55. The van der Waals surface area contributed by atoms with E-state index in [0.29, 0.717) is 0 Å². The molecule has 1 saturated heterocycles. The molecule has 6 unspecified atom stereocenters. The average molecular weight is 292 g/mol. The second kappa shape index (κ2) is 5.06. The van der Waals surface area contributed by atoms with Crippen LogP contribution in [0.5, 0.6) is 0 Å². The van der Waals surface area contributed by atoms with Crippen LogP contribution >= 0.6 is 0 Å². The Morgan fingerprint density at radius 2 is 1.59 bits per heavy atom. The van der Waals surface area contributed by atoms with Gasteiger partial charge in [0.2, 0.25) is 0 Å². The second-order valence-corrected chi connectivity index (χ2v) is 7.59. The van der Waals surface area contributed by atoms with Crippen molar-refractivity contribution in [3.8, 4) is 0 Å². The number of hydrogen-bond donors (Lipinski definition) is 0. The van der Waals surface area contributed by atoms with Crippen molar-refractivity contribution in [3.05, 3.63) is 54.4 Å². The van der Waals surface area contributed by atoms with E-state index in [9.17, 15) is 0 Å². The number of likely N-dealkylation sites (tertiary alicyclic amines) is 1. The van der Waals surface area contributed by atoms with E-state index < -0.39 is 0 Å². The van der Waals surface area contributed by atoms with Gasteiger partial charge in [-0.2, -0.15) is 0 Å².